The average Bonchev–Trinajstić information content (AvgIpc) is 3.06. The number of amides is 1. The van der Waals surface area contributed by atoms with E-state index in [1.54, 1.807) is 11.8 Å². The number of carbonyl (C=O) groups excluding carboxylic acids is 1. The van der Waals surface area contributed by atoms with Gasteiger partial charge in [-0.15, -0.1) is 5.10 Å². The highest BCUT2D eigenvalue weighted by molar-refractivity contribution is 5.93. The van der Waals surface area contributed by atoms with Crippen LogP contribution in [0.1, 0.15) is 37.9 Å². The number of nitrogens with zero attached hydrogens (tertiary/aromatic N) is 4. The molecule has 4 bridgehead atoms. The largest absolute Gasteiger partial charge is 0.494 e. The van der Waals surface area contributed by atoms with Crippen LogP contribution in [0.4, 0.5) is 5.69 Å². The molecule has 6 rings (SSSR count). The normalized spacial score (nSPS) is 31.1. The van der Waals surface area contributed by atoms with Crippen molar-refractivity contribution in [2.75, 3.05) is 12.4 Å². The number of aromatic nitrogens is 4. The summed E-state index contributed by atoms with van der Waals surface area (Å²) in [6.07, 6.45) is 6.35. The molecule has 27 heavy (non-hydrogen) atoms. The van der Waals surface area contributed by atoms with Gasteiger partial charge in [-0.05, 0) is 91.3 Å². The lowest BCUT2D eigenvalue weighted by Gasteiger charge is -2.53. The molecule has 0 radical (unpaired) electrons. The van der Waals surface area contributed by atoms with Crippen LogP contribution in [-0.2, 0) is 4.79 Å². The van der Waals surface area contributed by atoms with Gasteiger partial charge in [-0.3, -0.25) is 4.79 Å². The van der Waals surface area contributed by atoms with Gasteiger partial charge in [-0.2, -0.15) is 4.68 Å². The van der Waals surface area contributed by atoms with Gasteiger partial charge in [0.2, 0.25) is 5.91 Å². The number of tetrazole rings is 1. The van der Waals surface area contributed by atoms with Gasteiger partial charge < -0.3 is 10.1 Å². The molecule has 1 aromatic carbocycles. The second-order valence-corrected chi connectivity index (χ2v) is 8.47. The van der Waals surface area contributed by atoms with Crippen LogP contribution in [0.2, 0.25) is 0 Å². The highest BCUT2D eigenvalue weighted by atomic mass is 16.5. The fourth-order valence-electron chi connectivity index (χ4n) is 5.97. The minimum atomic E-state index is 0.165. The molecule has 7 nitrogen and oxygen atoms in total. The Hall–Kier alpha value is -2.44. The van der Waals surface area contributed by atoms with E-state index < -0.39 is 0 Å². The first-order valence-electron chi connectivity index (χ1n) is 9.86. The quantitative estimate of drug-likeness (QED) is 0.898. The van der Waals surface area contributed by atoms with Crippen LogP contribution in [0.15, 0.2) is 18.2 Å². The predicted octanol–water partition coefficient (Wildman–Crippen LogP) is 2.99. The Labute approximate surface area is 158 Å². The standard InChI is InChI=1S/C20H25N5O2/c1-11-22-23-24-25(11)17-10-16(3-4-18(17)27-2)21-20(26)19-14-6-12-5-13(8-14)9-15(19)7-12/h3-4,10,12-15,19H,5-9H2,1-2H3,(H,21,26). The van der Waals surface area contributed by atoms with Gasteiger partial charge in [0.25, 0.3) is 0 Å². The first kappa shape index (κ1) is 16.7. The maximum absolute atomic E-state index is 13.1. The third kappa shape index (κ3) is 2.80. The Morgan fingerprint density at radius 3 is 2.44 bits per heavy atom. The Bertz CT molecular complexity index is 849. The lowest BCUT2D eigenvalue weighted by Crippen LogP contribution is -2.49. The molecule has 0 spiro atoms. The zero-order chi connectivity index (χ0) is 18.5. The molecule has 0 atom stereocenters. The van der Waals surface area contributed by atoms with E-state index in [9.17, 15) is 4.79 Å². The average molecular weight is 367 g/mol. The smallest absolute Gasteiger partial charge is 0.228 e. The van der Waals surface area contributed by atoms with Crippen molar-refractivity contribution in [3.05, 3.63) is 24.0 Å². The summed E-state index contributed by atoms with van der Waals surface area (Å²) in [6.45, 7) is 1.83. The van der Waals surface area contributed by atoms with Crippen LogP contribution < -0.4 is 10.1 Å². The van der Waals surface area contributed by atoms with Crippen molar-refractivity contribution in [3.8, 4) is 11.4 Å². The molecule has 0 saturated heterocycles. The second kappa shape index (κ2) is 6.32. The molecule has 7 heteroatoms. The van der Waals surface area contributed by atoms with E-state index >= 15 is 0 Å². The molecular weight excluding hydrogens is 342 g/mol. The predicted molar refractivity (Wildman–Crippen MR) is 99.6 cm³/mol. The lowest BCUT2D eigenvalue weighted by atomic mass is 9.51. The fourth-order valence-corrected chi connectivity index (χ4v) is 5.97. The number of aryl methyl sites for hydroxylation is 1. The zero-order valence-corrected chi connectivity index (χ0v) is 15.8. The van der Waals surface area contributed by atoms with Crippen molar-refractivity contribution in [3.63, 3.8) is 0 Å². The first-order valence-corrected chi connectivity index (χ1v) is 9.86. The first-order chi connectivity index (χ1) is 13.1. The minimum Gasteiger partial charge on any atom is -0.494 e. The Morgan fingerprint density at radius 1 is 1.15 bits per heavy atom. The van der Waals surface area contributed by atoms with E-state index in [1.165, 1.54) is 32.1 Å². The highest BCUT2D eigenvalue weighted by Crippen LogP contribution is 2.56. The van der Waals surface area contributed by atoms with Crippen molar-refractivity contribution in [1.82, 2.24) is 20.2 Å². The van der Waals surface area contributed by atoms with E-state index in [1.807, 2.05) is 25.1 Å². The summed E-state index contributed by atoms with van der Waals surface area (Å²) in [7, 11) is 1.62. The molecule has 4 fully saturated rings. The van der Waals surface area contributed by atoms with Gasteiger partial charge in [-0.1, -0.05) is 0 Å². The fraction of sp³-hybridized carbons (Fsp3) is 0.600. The third-order valence-corrected chi connectivity index (χ3v) is 6.83. The van der Waals surface area contributed by atoms with Crippen molar-refractivity contribution in [2.24, 2.45) is 29.6 Å². The highest BCUT2D eigenvalue weighted by Gasteiger charge is 2.50. The van der Waals surface area contributed by atoms with Crippen LogP contribution in [0.3, 0.4) is 0 Å². The topological polar surface area (TPSA) is 81.9 Å². The number of hydrogen-bond donors (Lipinski definition) is 1. The van der Waals surface area contributed by atoms with Gasteiger partial charge in [0, 0.05) is 11.6 Å². The number of rotatable bonds is 4. The molecule has 0 unspecified atom stereocenters. The summed E-state index contributed by atoms with van der Waals surface area (Å²) in [5, 5.41) is 14.8. The summed E-state index contributed by atoms with van der Waals surface area (Å²) in [4.78, 5) is 13.1. The summed E-state index contributed by atoms with van der Waals surface area (Å²) >= 11 is 0. The SMILES string of the molecule is COc1ccc(NC(=O)C2C3CC4CC(C3)CC2C4)cc1-n1nnnc1C. The zero-order valence-electron chi connectivity index (χ0n) is 15.8. The van der Waals surface area contributed by atoms with E-state index in [0.717, 1.165) is 23.2 Å². The maximum atomic E-state index is 13.1. The molecular formula is C20H25N5O2. The van der Waals surface area contributed by atoms with Gasteiger partial charge in [0.1, 0.15) is 11.4 Å². The van der Waals surface area contributed by atoms with Crippen molar-refractivity contribution in [2.45, 2.75) is 39.0 Å². The monoisotopic (exact) mass is 367 g/mol. The van der Waals surface area contributed by atoms with E-state index in [0.29, 0.717) is 23.4 Å². The molecule has 0 aliphatic heterocycles. The van der Waals surface area contributed by atoms with E-state index in [4.69, 9.17) is 4.74 Å². The summed E-state index contributed by atoms with van der Waals surface area (Å²) < 4.78 is 7.07. The maximum Gasteiger partial charge on any atom is 0.228 e. The molecule has 4 aliphatic carbocycles. The van der Waals surface area contributed by atoms with Crippen LogP contribution in [0.25, 0.3) is 5.69 Å². The van der Waals surface area contributed by atoms with Crippen LogP contribution in [-0.4, -0.2) is 33.2 Å². The summed E-state index contributed by atoms with van der Waals surface area (Å²) in [5.41, 5.74) is 1.49. The van der Waals surface area contributed by atoms with Crippen molar-refractivity contribution in [1.29, 1.82) is 0 Å². The third-order valence-electron chi connectivity index (χ3n) is 6.83. The molecule has 2 aromatic rings. The number of nitrogens with one attached hydrogen (secondary N) is 1. The Morgan fingerprint density at radius 2 is 1.85 bits per heavy atom. The number of carbonyl (C=O) groups is 1. The van der Waals surface area contributed by atoms with Crippen LogP contribution in [0, 0.1) is 36.5 Å². The van der Waals surface area contributed by atoms with Crippen LogP contribution >= 0.6 is 0 Å². The second-order valence-electron chi connectivity index (χ2n) is 8.47. The summed E-state index contributed by atoms with van der Waals surface area (Å²) in [6, 6.07) is 5.62. The number of ether oxygens (including phenoxy) is 1. The van der Waals surface area contributed by atoms with Gasteiger partial charge in [0.05, 0.1) is 7.11 Å². The lowest BCUT2D eigenvalue weighted by molar-refractivity contribution is -0.132. The number of hydrogen-bond acceptors (Lipinski definition) is 5. The molecule has 1 aromatic heterocycles. The van der Waals surface area contributed by atoms with Crippen molar-refractivity contribution < 1.29 is 9.53 Å². The Kier molecular flexibility index (Phi) is 3.91. The number of anilines is 1. The van der Waals surface area contributed by atoms with Gasteiger partial charge in [0.15, 0.2) is 5.82 Å². The number of methoxy groups -OCH3 is 1. The Balaban J connectivity index is 1.39. The number of benzene rings is 1. The molecule has 1 N–H and O–H groups in total. The van der Waals surface area contributed by atoms with E-state index in [-0.39, 0.29) is 11.8 Å². The molecule has 142 valence electrons. The molecule has 4 aliphatic rings. The minimum absolute atomic E-state index is 0.165. The summed E-state index contributed by atoms with van der Waals surface area (Å²) in [5.74, 6) is 4.54. The van der Waals surface area contributed by atoms with Gasteiger partial charge in [-0.25, -0.2) is 0 Å². The van der Waals surface area contributed by atoms with Crippen molar-refractivity contribution >= 4 is 11.6 Å². The molecule has 1 heterocycles. The molecule has 4 saturated carbocycles. The van der Waals surface area contributed by atoms with Crippen LogP contribution in [0.5, 0.6) is 5.75 Å². The van der Waals surface area contributed by atoms with E-state index in [2.05, 4.69) is 20.8 Å². The van der Waals surface area contributed by atoms with Gasteiger partial charge >= 0.3 is 0 Å². The molecule has 1 amide bonds.